The number of fused-ring (bicyclic) bond motifs is 1. The van der Waals surface area contributed by atoms with Gasteiger partial charge in [-0.1, -0.05) is 23.7 Å². The lowest BCUT2D eigenvalue weighted by Crippen LogP contribution is -2.31. The number of nitrogens with one attached hydrogen (secondary N) is 2. The van der Waals surface area contributed by atoms with E-state index in [2.05, 4.69) is 25.6 Å². The third-order valence-corrected chi connectivity index (χ3v) is 6.63. The minimum absolute atomic E-state index is 0.159. The van der Waals surface area contributed by atoms with Crippen LogP contribution < -0.4 is 14.8 Å². The molecule has 0 aliphatic rings. The minimum atomic E-state index is -0.254. The first-order valence-electron chi connectivity index (χ1n) is 11.9. The number of methoxy groups -OCH3 is 1. The summed E-state index contributed by atoms with van der Waals surface area (Å²) in [5.74, 6) is 1.95. The number of carbonyl (C=O) groups excluding carboxylic acids is 1. The second-order valence-electron chi connectivity index (χ2n) is 8.75. The van der Waals surface area contributed by atoms with Crippen LogP contribution in [0.3, 0.4) is 0 Å². The lowest BCUT2D eigenvalue weighted by Gasteiger charge is -2.15. The standard InChI is InChI=1S/C27H26ClN7O3/c1-16(19-5-4-10-29-13-19)31-25(36)15-38-22-9-7-18(11-23(22)37-3)27-32-24(35(2)34-27)12-17-6-8-21-20(26(17)28)14-30-33-21/h4-11,13-14,16H,12,15H2,1-3H3,(H,30,33)(H,31,36). The van der Waals surface area contributed by atoms with Crippen molar-refractivity contribution in [1.29, 1.82) is 0 Å². The fourth-order valence-corrected chi connectivity index (χ4v) is 4.38. The molecule has 194 valence electrons. The monoisotopic (exact) mass is 531 g/mol. The van der Waals surface area contributed by atoms with E-state index in [0.717, 1.165) is 33.4 Å². The number of nitrogens with zero attached hydrogens (tertiary/aromatic N) is 5. The van der Waals surface area contributed by atoms with Gasteiger partial charge in [-0.3, -0.25) is 19.6 Å². The molecule has 2 N–H and O–H groups in total. The molecule has 38 heavy (non-hydrogen) atoms. The number of pyridine rings is 1. The number of hydrogen-bond acceptors (Lipinski definition) is 7. The molecule has 0 saturated carbocycles. The van der Waals surface area contributed by atoms with Crippen LogP contribution in [0.15, 0.2) is 61.1 Å². The molecule has 0 bridgehead atoms. The second kappa shape index (κ2) is 10.9. The maximum atomic E-state index is 12.4. The van der Waals surface area contributed by atoms with E-state index in [4.69, 9.17) is 26.1 Å². The van der Waals surface area contributed by atoms with Crippen molar-refractivity contribution in [2.45, 2.75) is 19.4 Å². The van der Waals surface area contributed by atoms with Gasteiger partial charge in [0, 0.05) is 36.8 Å². The molecule has 1 unspecified atom stereocenters. The van der Waals surface area contributed by atoms with Crippen LogP contribution in [-0.4, -0.2) is 49.6 Å². The molecule has 3 aromatic heterocycles. The molecule has 3 heterocycles. The van der Waals surface area contributed by atoms with Crippen molar-refractivity contribution in [2.24, 2.45) is 7.05 Å². The molecule has 0 saturated heterocycles. The lowest BCUT2D eigenvalue weighted by atomic mass is 10.1. The molecule has 1 amide bonds. The SMILES string of the molecule is COc1cc(-c2nc(Cc3ccc4[nH]ncc4c3Cl)n(C)n2)ccc1OCC(=O)NC(C)c1cccnc1. The van der Waals surface area contributed by atoms with Crippen LogP contribution in [0.2, 0.25) is 5.02 Å². The van der Waals surface area contributed by atoms with Gasteiger partial charge in [0.05, 0.1) is 29.9 Å². The summed E-state index contributed by atoms with van der Waals surface area (Å²) in [6.45, 7) is 1.73. The number of halogens is 1. The van der Waals surface area contributed by atoms with Crippen molar-refractivity contribution < 1.29 is 14.3 Å². The summed E-state index contributed by atoms with van der Waals surface area (Å²) in [6, 6.07) is 12.8. The Morgan fingerprint density at radius 3 is 2.84 bits per heavy atom. The van der Waals surface area contributed by atoms with E-state index in [1.165, 1.54) is 0 Å². The average molecular weight is 532 g/mol. The van der Waals surface area contributed by atoms with Crippen LogP contribution in [0.25, 0.3) is 22.3 Å². The summed E-state index contributed by atoms with van der Waals surface area (Å²) >= 11 is 6.60. The summed E-state index contributed by atoms with van der Waals surface area (Å²) < 4.78 is 13.0. The molecule has 2 aromatic carbocycles. The summed E-state index contributed by atoms with van der Waals surface area (Å²) in [7, 11) is 3.39. The number of aryl methyl sites for hydroxylation is 1. The number of carbonyl (C=O) groups is 1. The molecule has 10 nitrogen and oxygen atoms in total. The number of ether oxygens (including phenoxy) is 2. The van der Waals surface area contributed by atoms with Gasteiger partial charge in [0.15, 0.2) is 23.9 Å². The topological polar surface area (TPSA) is 120 Å². The molecule has 0 fully saturated rings. The number of benzene rings is 2. The van der Waals surface area contributed by atoms with Crippen molar-refractivity contribution in [1.82, 2.24) is 35.3 Å². The molecule has 11 heteroatoms. The van der Waals surface area contributed by atoms with Gasteiger partial charge in [0.1, 0.15) is 5.82 Å². The van der Waals surface area contributed by atoms with Crippen LogP contribution in [0.4, 0.5) is 0 Å². The van der Waals surface area contributed by atoms with Gasteiger partial charge in [-0.25, -0.2) is 4.98 Å². The van der Waals surface area contributed by atoms with E-state index in [0.29, 0.717) is 28.8 Å². The smallest absolute Gasteiger partial charge is 0.258 e. The predicted molar refractivity (Wildman–Crippen MR) is 143 cm³/mol. The fourth-order valence-electron chi connectivity index (χ4n) is 4.10. The maximum absolute atomic E-state index is 12.4. The van der Waals surface area contributed by atoms with Crippen LogP contribution in [0, 0.1) is 0 Å². The van der Waals surface area contributed by atoms with Crippen molar-refractivity contribution in [3.05, 3.63) is 83.0 Å². The second-order valence-corrected chi connectivity index (χ2v) is 9.13. The predicted octanol–water partition coefficient (Wildman–Crippen LogP) is 4.26. The van der Waals surface area contributed by atoms with Crippen molar-refractivity contribution in [3.63, 3.8) is 0 Å². The van der Waals surface area contributed by atoms with Gasteiger partial charge < -0.3 is 14.8 Å². The molecule has 0 aliphatic carbocycles. The van der Waals surface area contributed by atoms with Gasteiger partial charge in [-0.2, -0.15) is 10.2 Å². The van der Waals surface area contributed by atoms with Crippen molar-refractivity contribution in [3.8, 4) is 22.9 Å². The van der Waals surface area contributed by atoms with Gasteiger partial charge in [-0.15, -0.1) is 0 Å². The number of amides is 1. The van der Waals surface area contributed by atoms with E-state index >= 15 is 0 Å². The number of aromatic nitrogens is 6. The molecule has 5 rings (SSSR count). The quantitative estimate of drug-likeness (QED) is 0.291. The summed E-state index contributed by atoms with van der Waals surface area (Å²) in [5, 5.41) is 16.0. The van der Waals surface area contributed by atoms with Gasteiger partial charge in [0.2, 0.25) is 0 Å². The molecule has 0 aliphatic heterocycles. The highest BCUT2D eigenvalue weighted by Gasteiger charge is 2.16. The Kier molecular flexibility index (Phi) is 7.23. The third kappa shape index (κ3) is 5.30. The Balaban J connectivity index is 1.27. The Bertz CT molecular complexity index is 1580. The normalized spacial score (nSPS) is 11.9. The maximum Gasteiger partial charge on any atom is 0.258 e. The molecular formula is C27H26ClN7O3. The summed E-state index contributed by atoms with van der Waals surface area (Å²) in [6.07, 6.45) is 5.63. The largest absolute Gasteiger partial charge is 0.493 e. The lowest BCUT2D eigenvalue weighted by molar-refractivity contribution is -0.123. The summed E-state index contributed by atoms with van der Waals surface area (Å²) in [4.78, 5) is 21.2. The third-order valence-electron chi connectivity index (χ3n) is 6.18. The molecule has 0 spiro atoms. The van der Waals surface area contributed by atoms with E-state index < -0.39 is 0 Å². The molecule has 5 aromatic rings. The van der Waals surface area contributed by atoms with E-state index in [-0.39, 0.29) is 18.6 Å². The Morgan fingerprint density at radius 1 is 1.18 bits per heavy atom. The zero-order chi connectivity index (χ0) is 26.6. The Morgan fingerprint density at radius 2 is 2.05 bits per heavy atom. The molecule has 1 atom stereocenters. The average Bonchev–Trinajstić information content (AvgIpc) is 3.56. The fraction of sp³-hybridized carbons (Fsp3) is 0.222. The first kappa shape index (κ1) is 25.2. The highest BCUT2D eigenvalue weighted by atomic mass is 35.5. The first-order valence-corrected chi connectivity index (χ1v) is 12.3. The molecule has 0 radical (unpaired) electrons. The van der Waals surface area contributed by atoms with Gasteiger partial charge in [-0.05, 0) is 48.4 Å². The van der Waals surface area contributed by atoms with E-state index in [1.807, 2.05) is 44.3 Å². The number of rotatable bonds is 9. The first-order chi connectivity index (χ1) is 18.4. The zero-order valence-corrected chi connectivity index (χ0v) is 21.9. The van der Waals surface area contributed by atoms with Crippen LogP contribution in [0.5, 0.6) is 11.5 Å². The molecular weight excluding hydrogens is 506 g/mol. The Hall–Kier alpha value is -4.44. The van der Waals surface area contributed by atoms with Gasteiger partial charge in [0.25, 0.3) is 5.91 Å². The highest BCUT2D eigenvalue weighted by Crippen LogP contribution is 2.32. The number of H-pyrrole nitrogens is 1. The number of aromatic amines is 1. The van der Waals surface area contributed by atoms with Crippen molar-refractivity contribution in [2.75, 3.05) is 13.7 Å². The Labute approximate surface area is 224 Å². The van der Waals surface area contributed by atoms with E-state index in [1.54, 1.807) is 42.5 Å². The number of hydrogen-bond donors (Lipinski definition) is 2. The van der Waals surface area contributed by atoms with Crippen LogP contribution >= 0.6 is 11.6 Å². The van der Waals surface area contributed by atoms with Crippen LogP contribution in [-0.2, 0) is 18.3 Å². The zero-order valence-electron chi connectivity index (χ0n) is 21.1. The summed E-state index contributed by atoms with van der Waals surface area (Å²) in [5.41, 5.74) is 3.48. The highest BCUT2D eigenvalue weighted by molar-refractivity contribution is 6.36. The van der Waals surface area contributed by atoms with E-state index in [9.17, 15) is 4.79 Å². The van der Waals surface area contributed by atoms with Gasteiger partial charge >= 0.3 is 0 Å². The van der Waals surface area contributed by atoms with Crippen molar-refractivity contribution >= 4 is 28.4 Å². The minimum Gasteiger partial charge on any atom is -0.493 e. The van der Waals surface area contributed by atoms with Crippen LogP contribution in [0.1, 0.15) is 29.9 Å².